The van der Waals surface area contributed by atoms with Crippen LogP contribution in [-0.2, 0) is 17.6 Å². The molecular weight excluding hydrogens is 468 g/mol. The van der Waals surface area contributed by atoms with E-state index in [4.69, 9.17) is 4.98 Å². The van der Waals surface area contributed by atoms with Gasteiger partial charge in [0.1, 0.15) is 4.83 Å². The zero-order chi connectivity index (χ0) is 23.7. The van der Waals surface area contributed by atoms with E-state index in [-0.39, 0.29) is 17.4 Å². The summed E-state index contributed by atoms with van der Waals surface area (Å²) in [7, 11) is 0. The summed E-state index contributed by atoms with van der Waals surface area (Å²) in [6.07, 6.45) is 8.23. The van der Waals surface area contributed by atoms with Crippen LogP contribution in [0, 0.1) is 6.92 Å². The van der Waals surface area contributed by atoms with Gasteiger partial charge in [0, 0.05) is 10.9 Å². The maximum Gasteiger partial charge on any atom is 0.321 e. The van der Waals surface area contributed by atoms with Gasteiger partial charge in [0.2, 0.25) is 5.91 Å². The molecule has 3 aromatic rings. The highest BCUT2D eigenvalue weighted by molar-refractivity contribution is 7.99. The Bertz CT molecular complexity index is 1290. The van der Waals surface area contributed by atoms with Gasteiger partial charge in [-0.2, -0.15) is 0 Å². The summed E-state index contributed by atoms with van der Waals surface area (Å²) in [5, 5.41) is 6.45. The second-order valence-corrected chi connectivity index (χ2v) is 11.1. The lowest BCUT2D eigenvalue weighted by atomic mass is 9.97. The summed E-state index contributed by atoms with van der Waals surface area (Å²) in [6, 6.07) is 7.42. The van der Waals surface area contributed by atoms with Crippen molar-refractivity contribution in [3.05, 3.63) is 50.6 Å². The molecule has 0 atom stereocenters. The van der Waals surface area contributed by atoms with E-state index in [1.54, 1.807) is 15.9 Å². The minimum absolute atomic E-state index is 0.00696. The number of hydrogen-bond donors (Lipinski definition) is 2. The Hall–Kier alpha value is -2.65. The van der Waals surface area contributed by atoms with Crippen molar-refractivity contribution in [1.29, 1.82) is 0 Å². The molecule has 0 saturated heterocycles. The van der Waals surface area contributed by atoms with Crippen LogP contribution in [0.25, 0.3) is 15.9 Å². The van der Waals surface area contributed by atoms with Gasteiger partial charge in [-0.05, 0) is 63.1 Å². The predicted octanol–water partition coefficient (Wildman–Crippen LogP) is 4.49. The van der Waals surface area contributed by atoms with Crippen molar-refractivity contribution < 1.29 is 9.59 Å². The summed E-state index contributed by atoms with van der Waals surface area (Å²) in [5.74, 6) is -0.414. The number of imide groups is 1. The first-order valence-electron chi connectivity index (χ1n) is 11.9. The van der Waals surface area contributed by atoms with Crippen LogP contribution in [0.5, 0.6) is 0 Å². The standard InChI is InChI=1S/C25H28N4O3S2/c1-15-10-12-17(13-11-15)29-23(31)21-18-8-4-5-9-19(18)34-22(21)28-25(29)33-14-20(30)27-24(32)26-16-6-2-3-7-16/h10-13,16H,2-9,14H2,1H3,(H2,26,27,30,32). The number of aryl methyl sites for hydroxylation is 3. The summed E-state index contributed by atoms with van der Waals surface area (Å²) >= 11 is 2.77. The number of rotatable bonds is 5. The highest BCUT2D eigenvalue weighted by Gasteiger charge is 2.24. The SMILES string of the molecule is Cc1ccc(-n2c(SCC(=O)NC(=O)NC3CCCC3)nc3sc4c(c3c2=O)CCCC4)cc1. The lowest BCUT2D eigenvalue weighted by Gasteiger charge is -2.14. The van der Waals surface area contributed by atoms with Crippen molar-refractivity contribution >= 4 is 45.3 Å². The van der Waals surface area contributed by atoms with Crippen LogP contribution in [0.3, 0.4) is 0 Å². The van der Waals surface area contributed by atoms with Crippen LogP contribution in [-0.4, -0.2) is 33.3 Å². The third-order valence-corrected chi connectivity index (χ3v) is 8.65. The van der Waals surface area contributed by atoms with Crippen molar-refractivity contribution in [2.75, 3.05) is 5.75 Å². The fourth-order valence-electron chi connectivity index (χ4n) is 4.79. The molecule has 5 rings (SSSR count). The quantitative estimate of drug-likeness (QED) is 0.401. The Balaban J connectivity index is 1.42. The molecule has 178 valence electrons. The number of thioether (sulfide) groups is 1. The van der Waals surface area contributed by atoms with Crippen molar-refractivity contribution in [3.8, 4) is 5.69 Å². The molecule has 0 bridgehead atoms. The molecule has 3 amide bonds. The van der Waals surface area contributed by atoms with Gasteiger partial charge in [-0.15, -0.1) is 11.3 Å². The van der Waals surface area contributed by atoms with Crippen LogP contribution in [0.2, 0.25) is 0 Å². The van der Waals surface area contributed by atoms with Crippen molar-refractivity contribution in [2.45, 2.75) is 69.5 Å². The molecular formula is C25H28N4O3S2. The number of amides is 3. The number of thiophene rings is 1. The molecule has 2 aromatic heterocycles. The van der Waals surface area contributed by atoms with Crippen LogP contribution < -0.4 is 16.2 Å². The molecule has 7 nitrogen and oxygen atoms in total. The number of fused-ring (bicyclic) bond motifs is 3. The van der Waals surface area contributed by atoms with E-state index in [0.29, 0.717) is 10.5 Å². The Labute approximate surface area is 206 Å². The lowest BCUT2D eigenvalue weighted by molar-refractivity contribution is -0.117. The highest BCUT2D eigenvalue weighted by Crippen LogP contribution is 2.35. The van der Waals surface area contributed by atoms with E-state index < -0.39 is 11.9 Å². The third kappa shape index (κ3) is 4.77. The maximum absolute atomic E-state index is 13.7. The highest BCUT2D eigenvalue weighted by atomic mass is 32.2. The largest absolute Gasteiger partial charge is 0.335 e. The maximum atomic E-state index is 13.7. The Morgan fingerprint density at radius 2 is 1.85 bits per heavy atom. The van der Waals surface area contributed by atoms with Crippen molar-refractivity contribution in [3.63, 3.8) is 0 Å². The number of nitrogens with one attached hydrogen (secondary N) is 2. The second kappa shape index (κ2) is 9.92. The lowest BCUT2D eigenvalue weighted by Crippen LogP contribution is -2.44. The van der Waals surface area contributed by atoms with E-state index in [1.807, 2.05) is 31.2 Å². The number of nitrogens with zero attached hydrogens (tertiary/aromatic N) is 2. The van der Waals surface area contributed by atoms with Crippen LogP contribution in [0.1, 0.15) is 54.5 Å². The summed E-state index contributed by atoms with van der Waals surface area (Å²) in [6.45, 7) is 2.00. The molecule has 1 aromatic carbocycles. The number of carbonyl (C=O) groups is 2. The fourth-order valence-corrected chi connectivity index (χ4v) is 6.90. The molecule has 2 aliphatic carbocycles. The second-order valence-electron chi connectivity index (χ2n) is 9.05. The van der Waals surface area contributed by atoms with Gasteiger partial charge in [0.25, 0.3) is 5.56 Å². The van der Waals surface area contributed by atoms with E-state index in [9.17, 15) is 14.4 Å². The normalized spacial score (nSPS) is 15.9. The Morgan fingerprint density at radius 3 is 2.62 bits per heavy atom. The van der Waals surface area contributed by atoms with Gasteiger partial charge in [-0.25, -0.2) is 9.78 Å². The van der Waals surface area contributed by atoms with Gasteiger partial charge in [-0.1, -0.05) is 42.3 Å². The molecule has 1 saturated carbocycles. The van der Waals surface area contributed by atoms with E-state index in [1.165, 1.54) is 16.6 Å². The molecule has 0 aliphatic heterocycles. The molecule has 0 spiro atoms. The van der Waals surface area contributed by atoms with Gasteiger partial charge in [-0.3, -0.25) is 19.5 Å². The van der Waals surface area contributed by atoms with Crippen molar-refractivity contribution in [2.24, 2.45) is 0 Å². The minimum Gasteiger partial charge on any atom is -0.335 e. The topological polar surface area (TPSA) is 93.1 Å². The first-order valence-corrected chi connectivity index (χ1v) is 13.7. The number of hydrogen-bond acceptors (Lipinski definition) is 6. The van der Waals surface area contributed by atoms with E-state index in [2.05, 4.69) is 10.6 Å². The summed E-state index contributed by atoms with van der Waals surface area (Å²) < 4.78 is 1.61. The molecule has 0 unspecified atom stereocenters. The number of carbonyl (C=O) groups excluding carboxylic acids is 2. The van der Waals surface area contributed by atoms with E-state index in [0.717, 1.165) is 73.0 Å². The number of aromatic nitrogens is 2. The molecule has 1 fully saturated rings. The van der Waals surface area contributed by atoms with Crippen molar-refractivity contribution in [1.82, 2.24) is 20.2 Å². The molecule has 2 aliphatic rings. The van der Waals surface area contributed by atoms with Crippen LogP contribution in [0.4, 0.5) is 4.79 Å². The Kier molecular flexibility index (Phi) is 6.74. The summed E-state index contributed by atoms with van der Waals surface area (Å²) in [5.41, 5.74) is 2.88. The summed E-state index contributed by atoms with van der Waals surface area (Å²) in [4.78, 5) is 45.2. The molecule has 34 heavy (non-hydrogen) atoms. The first-order chi connectivity index (χ1) is 16.5. The third-order valence-electron chi connectivity index (χ3n) is 6.53. The Morgan fingerprint density at radius 1 is 1.12 bits per heavy atom. The average Bonchev–Trinajstić information content (AvgIpc) is 3.46. The predicted molar refractivity (Wildman–Crippen MR) is 136 cm³/mol. The van der Waals surface area contributed by atoms with E-state index >= 15 is 0 Å². The molecule has 0 radical (unpaired) electrons. The smallest absolute Gasteiger partial charge is 0.321 e. The fraction of sp³-hybridized carbons (Fsp3) is 0.440. The first kappa shape index (κ1) is 23.1. The van der Waals surface area contributed by atoms with Gasteiger partial charge in [0.05, 0.1) is 16.8 Å². The van der Waals surface area contributed by atoms with Crippen LogP contribution in [0.15, 0.2) is 34.2 Å². The van der Waals surface area contributed by atoms with Gasteiger partial charge >= 0.3 is 6.03 Å². The van der Waals surface area contributed by atoms with Gasteiger partial charge < -0.3 is 5.32 Å². The number of benzene rings is 1. The number of urea groups is 1. The average molecular weight is 497 g/mol. The van der Waals surface area contributed by atoms with Crippen LogP contribution >= 0.6 is 23.1 Å². The molecule has 9 heteroatoms. The monoisotopic (exact) mass is 496 g/mol. The molecule has 2 heterocycles. The molecule has 2 N–H and O–H groups in total. The zero-order valence-electron chi connectivity index (χ0n) is 19.2. The zero-order valence-corrected chi connectivity index (χ0v) is 20.8. The van der Waals surface area contributed by atoms with Gasteiger partial charge in [0.15, 0.2) is 5.16 Å². The minimum atomic E-state index is -0.456.